The molecule has 1 atom stereocenters. The Morgan fingerprint density at radius 1 is 1.46 bits per heavy atom. The minimum Gasteiger partial charge on any atom is -0.353 e. The van der Waals surface area contributed by atoms with Crippen molar-refractivity contribution in [2.75, 3.05) is 20.1 Å². The van der Waals surface area contributed by atoms with Gasteiger partial charge in [-0.2, -0.15) is 5.10 Å². The molecule has 2 fully saturated rings. The van der Waals surface area contributed by atoms with Gasteiger partial charge >= 0.3 is 0 Å². The van der Waals surface area contributed by atoms with Gasteiger partial charge < -0.3 is 10.2 Å². The largest absolute Gasteiger partial charge is 0.353 e. The molecule has 0 radical (unpaired) electrons. The third-order valence-electron chi connectivity index (χ3n) is 4.88. The Hall–Kier alpha value is -1.89. The first-order valence-corrected chi connectivity index (χ1v) is 8.77. The maximum atomic E-state index is 12.6. The van der Waals surface area contributed by atoms with E-state index in [1.807, 2.05) is 0 Å². The lowest BCUT2D eigenvalue weighted by Crippen LogP contribution is -2.58. The molecule has 24 heavy (non-hydrogen) atoms. The van der Waals surface area contributed by atoms with Crippen LogP contribution in [0.15, 0.2) is 6.07 Å². The molecule has 2 N–H and O–H groups in total. The summed E-state index contributed by atoms with van der Waals surface area (Å²) in [7, 11) is 1.78. The average Bonchev–Trinajstić information content (AvgIpc) is 3.29. The second kappa shape index (κ2) is 6.93. The van der Waals surface area contributed by atoms with Crippen LogP contribution in [0.25, 0.3) is 0 Å². The number of amides is 2. The second-order valence-electron chi connectivity index (χ2n) is 7.18. The van der Waals surface area contributed by atoms with Crippen LogP contribution in [0.5, 0.6) is 0 Å². The van der Waals surface area contributed by atoms with E-state index >= 15 is 0 Å². The summed E-state index contributed by atoms with van der Waals surface area (Å²) in [4.78, 5) is 28.5. The number of piperazine rings is 1. The molecule has 2 aliphatic rings. The van der Waals surface area contributed by atoms with Gasteiger partial charge in [0.05, 0.1) is 30.4 Å². The van der Waals surface area contributed by atoms with Crippen molar-refractivity contribution in [3.8, 4) is 0 Å². The molecule has 1 aliphatic heterocycles. The predicted octanol–water partition coefficient (Wildman–Crippen LogP) is 0.844. The zero-order valence-electron chi connectivity index (χ0n) is 14.7. The van der Waals surface area contributed by atoms with Crippen LogP contribution in [0.4, 0.5) is 0 Å². The van der Waals surface area contributed by atoms with Crippen LogP contribution in [-0.2, 0) is 16.1 Å². The van der Waals surface area contributed by atoms with Gasteiger partial charge in [0, 0.05) is 32.1 Å². The van der Waals surface area contributed by atoms with Gasteiger partial charge in [-0.05, 0) is 32.8 Å². The molecule has 1 aromatic rings. The number of carbonyl (C=O) groups excluding carboxylic acids is 2. The molecular weight excluding hydrogens is 306 g/mol. The van der Waals surface area contributed by atoms with E-state index in [9.17, 15) is 9.59 Å². The van der Waals surface area contributed by atoms with Crippen molar-refractivity contribution in [1.82, 2.24) is 25.3 Å². The van der Waals surface area contributed by atoms with Crippen molar-refractivity contribution in [1.29, 1.82) is 0 Å². The van der Waals surface area contributed by atoms with Crippen molar-refractivity contribution < 1.29 is 9.59 Å². The summed E-state index contributed by atoms with van der Waals surface area (Å²) in [6.07, 6.45) is 2.63. The summed E-state index contributed by atoms with van der Waals surface area (Å²) in [5, 5.41) is 10.2. The Bertz CT molecular complexity index is 608. The molecule has 1 unspecified atom stereocenters. The molecule has 7 nitrogen and oxygen atoms in total. The summed E-state index contributed by atoms with van der Waals surface area (Å²) in [6.45, 7) is 6.05. The van der Waals surface area contributed by atoms with Gasteiger partial charge in [0.15, 0.2) is 0 Å². The first-order chi connectivity index (χ1) is 11.5. The number of hydrogen-bond donors (Lipinski definition) is 2. The van der Waals surface area contributed by atoms with Crippen LogP contribution < -0.4 is 5.32 Å². The van der Waals surface area contributed by atoms with Crippen LogP contribution >= 0.6 is 0 Å². The fraction of sp³-hybridized carbons (Fsp3) is 0.706. The van der Waals surface area contributed by atoms with Crippen molar-refractivity contribution in [2.45, 2.75) is 57.7 Å². The monoisotopic (exact) mass is 333 g/mol. The van der Waals surface area contributed by atoms with Gasteiger partial charge in [0.25, 0.3) is 0 Å². The highest BCUT2D eigenvalue weighted by molar-refractivity contribution is 5.88. The number of aromatic nitrogens is 2. The molecule has 1 aromatic heterocycles. The number of carbonyl (C=O) groups is 2. The molecule has 2 amide bonds. The van der Waals surface area contributed by atoms with Crippen LogP contribution in [-0.4, -0.2) is 64.0 Å². The highest BCUT2D eigenvalue weighted by Gasteiger charge is 2.33. The molecule has 132 valence electrons. The zero-order valence-corrected chi connectivity index (χ0v) is 14.7. The van der Waals surface area contributed by atoms with Crippen LogP contribution in [0.1, 0.15) is 50.4 Å². The van der Waals surface area contributed by atoms with Gasteiger partial charge in [-0.15, -0.1) is 0 Å². The van der Waals surface area contributed by atoms with E-state index in [0.717, 1.165) is 17.9 Å². The van der Waals surface area contributed by atoms with Gasteiger partial charge in [0.1, 0.15) is 0 Å². The Labute approximate surface area is 142 Å². The SMILES string of the molecule is CC(C)N1CCNC(=O)C1CC(=O)N(C)Cc1cc(C2CC2)n[nH]1. The van der Waals surface area contributed by atoms with E-state index in [0.29, 0.717) is 19.0 Å². The number of aromatic amines is 1. The summed E-state index contributed by atoms with van der Waals surface area (Å²) < 4.78 is 0. The maximum Gasteiger partial charge on any atom is 0.237 e. The average molecular weight is 333 g/mol. The number of H-pyrrole nitrogens is 1. The first-order valence-electron chi connectivity index (χ1n) is 8.77. The molecular formula is C17H27N5O2. The topological polar surface area (TPSA) is 81.3 Å². The molecule has 7 heteroatoms. The number of hydrogen-bond acceptors (Lipinski definition) is 4. The van der Waals surface area contributed by atoms with Crippen molar-refractivity contribution >= 4 is 11.8 Å². The third-order valence-corrected chi connectivity index (χ3v) is 4.88. The minimum absolute atomic E-state index is 0.0229. The Morgan fingerprint density at radius 2 is 2.21 bits per heavy atom. The van der Waals surface area contributed by atoms with Gasteiger partial charge in [-0.3, -0.25) is 19.6 Å². The van der Waals surface area contributed by atoms with Crippen molar-refractivity contribution in [3.63, 3.8) is 0 Å². The van der Waals surface area contributed by atoms with E-state index in [2.05, 4.69) is 40.3 Å². The van der Waals surface area contributed by atoms with Crippen molar-refractivity contribution in [2.24, 2.45) is 0 Å². The molecule has 2 heterocycles. The van der Waals surface area contributed by atoms with E-state index in [1.165, 1.54) is 12.8 Å². The second-order valence-corrected chi connectivity index (χ2v) is 7.18. The Kier molecular flexibility index (Phi) is 4.89. The van der Waals surface area contributed by atoms with Gasteiger partial charge in [-0.1, -0.05) is 0 Å². The lowest BCUT2D eigenvalue weighted by atomic mass is 10.1. The molecule has 1 aliphatic carbocycles. The molecule has 0 bridgehead atoms. The quantitative estimate of drug-likeness (QED) is 0.808. The Morgan fingerprint density at radius 3 is 2.88 bits per heavy atom. The molecule has 0 spiro atoms. The summed E-state index contributed by atoms with van der Waals surface area (Å²) in [5.41, 5.74) is 2.05. The fourth-order valence-electron chi connectivity index (χ4n) is 3.27. The first kappa shape index (κ1) is 17.0. The van der Waals surface area contributed by atoms with Gasteiger partial charge in [-0.25, -0.2) is 0 Å². The van der Waals surface area contributed by atoms with Crippen LogP contribution in [0.2, 0.25) is 0 Å². The summed E-state index contributed by atoms with van der Waals surface area (Å²) in [6, 6.07) is 1.92. The molecule has 0 aromatic carbocycles. The Balaban J connectivity index is 1.58. The lowest BCUT2D eigenvalue weighted by molar-refractivity contribution is -0.139. The smallest absolute Gasteiger partial charge is 0.237 e. The van der Waals surface area contributed by atoms with E-state index in [-0.39, 0.29) is 30.3 Å². The zero-order chi connectivity index (χ0) is 17.3. The van der Waals surface area contributed by atoms with E-state index in [4.69, 9.17) is 0 Å². The lowest BCUT2D eigenvalue weighted by Gasteiger charge is -2.38. The van der Waals surface area contributed by atoms with E-state index < -0.39 is 0 Å². The number of nitrogens with zero attached hydrogens (tertiary/aromatic N) is 3. The highest BCUT2D eigenvalue weighted by Crippen LogP contribution is 2.39. The number of nitrogens with one attached hydrogen (secondary N) is 2. The van der Waals surface area contributed by atoms with Crippen molar-refractivity contribution in [3.05, 3.63) is 17.5 Å². The molecule has 1 saturated carbocycles. The normalized spacial score (nSPS) is 21.8. The molecule has 3 rings (SSSR count). The highest BCUT2D eigenvalue weighted by atomic mass is 16.2. The summed E-state index contributed by atoms with van der Waals surface area (Å²) in [5.74, 6) is 0.529. The van der Waals surface area contributed by atoms with Crippen LogP contribution in [0.3, 0.4) is 0 Å². The van der Waals surface area contributed by atoms with Gasteiger partial charge in [0.2, 0.25) is 11.8 Å². The fourth-order valence-corrected chi connectivity index (χ4v) is 3.27. The number of rotatable bonds is 6. The third kappa shape index (κ3) is 3.77. The molecule has 1 saturated heterocycles. The minimum atomic E-state index is -0.377. The summed E-state index contributed by atoms with van der Waals surface area (Å²) >= 11 is 0. The van der Waals surface area contributed by atoms with E-state index in [1.54, 1.807) is 11.9 Å². The standard InChI is InChI=1S/C17H27N5O2/c1-11(2)22-7-6-18-17(24)15(22)9-16(23)21(3)10-13-8-14(20-19-13)12-4-5-12/h8,11-12,15H,4-7,9-10H2,1-3H3,(H,18,24)(H,19,20). The predicted molar refractivity (Wildman–Crippen MR) is 90.3 cm³/mol. The van der Waals surface area contributed by atoms with Crippen LogP contribution in [0, 0.1) is 0 Å². The maximum absolute atomic E-state index is 12.6.